The van der Waals surface area contributed by atoms with Gasteiger partial charge in [-0.15, -0.1) is 11.6 Å². The zero-order chi connectivity index (χ0) is 10.8. The molecule has 0 bridgehead atoms. The highest BCUT2D eigenvalue weighted by atomic mass is 35.5. The Kier molecular flexibility index (Phi) is 2.95. The van der Waals surface area contributed by atoms with Crippen LogP contribution < -0.4 is 0 Å². The van der Waals surface area contributed by atoms with Gasteiger partial charge in [-0.3, -0.25) is 4.79 Å². The highest BCUT2D eigenvalue weighted by molar-refractivity contribution is 6.21. The molecule has 0 radical (unpaired) electrons. The molecule has 1 unspecified atom stereocenters. The van der Waals surface area contributed by atoms with Gasteiger partial charge in [0.1, 0.15) is 5.69 Å². The van der Waals surface area contributed by atoms with E-state index in [1.165, 1.54) is 0 Å². The van der Waals surface area contributed by atoms with Crippen LogP contribution in [0.1, 0.15) is 23.3 Å². The van der Waals surface area contributed by atoms with Crippen LogP contribution in [0.5, 0.6) is 0 Å². The summed E-state index contributed by atoms with van der Waals surface area (Å²) < 4.78 is 1.77. The van der Waals surface area contributed by atoms with Gasteiger partial charge in [0, 0.05) is 26.3 Å². The molecule has 1 atom stereocenters. The van der Waals surface area contributed by atoms with Gasteiger partial charge in [0.15, 0.2) is 0 Å². The van der Waals surface area contributed by atoms with Gasteiger partial charge in [-0.1, -0.05) is 0 Å². The van der Waals surface area contributed by atoms with Crippen molar-refractivity contribution in [1.29, 1.82) is 0 Å². The van der Waals surface area contributed by atoms with Crippen molar-refractivity contribution in [3.63, 3.8) is 0 Å². The molecule has 2 heterocycles. The van der Waals surface area contributed by atoms with E-state index in [9.17, 15) is 4.79 Å². The Morgan fingerprint density at radius 3 is 3.07 bits per heavy atom. The molecule has 2 rings (SSSR count). The number of rotatable bonds is 1. The molecule has 5 heteroatoms. The number of aryl methyl sites for hydroxylation is 1. The molecule has 1 amide bonds. The summed E-state index contributed by atoms with van der Waals surface area (Å²) in [5.41, 5.74) is 0.503. The van der Waals surface area contributed by atoms with Crippen molar-refractivity contribution in [1.82, 2.24) is 14.5 Å². The lowest BCUT2D eigenvalue weighted by molar-refractivity contribution is 0.0721. The number of carbonyl (C=O) groups excluding carboxylic acids is 1. The van der Waals surface area contributed by atoms with Crippen LogP contribution in [0, 0.1) is 0 Å². The maximum atomic E-state index is 12.0. The van der Waals surface area contributed by atoms with Gasteiger partial charge in [0.2, 0.25) is 0 Å². The largest absolute Gasteiger partial charge is 0.340 e. The average Bonchev–Trinajstić information content (AvgIpc) is 2.64. The molecule has 15 heavy (non-hydrogen) atoms. The summed E-state index contributed by atoms with van der Waals surface area (Å²) >= 11 is 6.03. The van der Waals surface area contributed by atoms with Crippen molar-refractivity contribution in [2.75, 3.05) is 13.1 Å². The van der Waals surface area contributed by atoms with E-state index in [2.05, 4.69) is 4.98 Å². The molecule has 1 aromatic heterocycles. The van der Waals surface area contributed by atoms with Crippen molar-refractivity contribution in [3.8, 4) is 0 Å². The van der Waals surface area contributed by atoms with Crippen molar-refractivity contribution >= 4 is 17.5 Å². The van der Waals surface area contributed by atoms with E-state index in [0.717, 1.165) is 19.4 Å². The van der Waals surface area contributed by atoms with Gasteiger partial charge in [0.05, 0.1) is 11.7 Å². The Bertz CT molecular complexity index is 363. The van der Waals surface area contributed by atoms with Crippen LogP contribution in [0.2, 0.25) is 0 Å². The van der Waals surface area contributed by atoms with Gasteiger partial charge < -0.3 is 9.47 Å². The predicted octanol–water partition coefficient (Wildman–Crippen LogP) is 1.26. The van der Waals surface area contributed by atoms with Gasteiger partial charge in [-0.05, 0) is 12.8 Å². The monoisotopic (exact) mass is 227 g/mol. The normalized spacial score (nSPS) is 21.7. The summed E-state index contributed by atoms with van der Waals surface area (Å²) in [4.78, 5) is 17.8. The minimum atomic E-state index is -0.0130. The van der Waals surface area contributed by atoms with Crippen LogP contribution in [-0.4, -0.2) is 38.8 Å². The molecule has 4 nitrogen and oxygen atoms in total. The first kappa shape index (κ1) is 10.5. The number of carbonyl (C=O) groups is 1. The molecule has 1 aliphatic rings. The van der Waals surface area contributed by atoms with Crippen LogP contribution in [-0.2, 0) is 7.05 Å². The minimum Gasteiger partial charge on any atom is -0.340 e. The molecule has 0 spiro atoms. The number of alkyl halides is 1. The summed E-state index contributed by atoms with van der Waals surface area (Å²) in [6.45, 7) is 1.43. The highest BCUT2D eigenvalue weighted by Crippen LogP contribution is 2.16. The fourth-order valence-electron chi connectivity index (χ4n) is 1.80. The number of nitrogens with zero attached hydrogens (tertiary/aromatic N) is 3. The molecule has 0 aromatic carbocycles. The Balaban J connectivity index is 2.07. The Hall–Kier alpha value is -1.03. The van der Waals surface area contributed by atoms with E-state index in [4.69, 9.17) is 11.6 Å². The molecule has 0 N–H and O–H groups in total. The summed E-state index contributed by atoms with van der Waals surface area (Å²) in [7, 11) is 1.85. The topological polar surface area (TPSA) is 38.1 Å². The minimum absolute atomic E-state index is 0.0130. The van der Waals surface area contributed by atoms with Gasteiger partial charge in [-0.25, -0.2) is 4.98 Å². The Morgan fingerprint density at radius 2 is 2.47 bits per heavy atom. The number of hydrogen-bond donors (Lipinski definition) is 0. The van der Waals surface area contributed by atoms with E-state index in [1.807, 2.05) is 7.05 Å². The summed E-state index contributed by atoms with van der Waals surface area (Å²) in [5.74, 6) is -0.0130. The van der Waals surface area contributed by atoms with E-state index in [-0.39, 0.29) is 11.3 Å². The lowest BCUT2D eigenvalue weighted by Crippen LogP contribution is -2.40. The number of amides is 1. The standard InChI is InChI=1S/C10H14ClN3O/c1-13-6-9(12-7-13)10(15)14-4-2-3-8(11)5-14/h6-8H,2-5H2,1H3. The SMILES string of the molecule is Cn1cnc(C(=O)N2CCCC(Cl)C2)c1. The number of imidazole rings is 1. The maximum Gasteiger partial charge on any atom is 0.274 e. The van der Waals surface area contributed by atoms with Crippen LogP contribution >= 0.6 is 11.6 Å². The fourth-order valence-corrected chi connectivity index (χ4v) is 2.12. The molecular weight excluding hydrogens is 214 g/mol. The molecule has 1 fully saturated rings. The lowest BCUT2D eigenvalue weighted by atomic mass is 10.1. The van der Waals surface area contributed by atoms with Crippen molar-refractivity contribution in [2.24, 2.45) is 7.05 Å². The second-order valence-corrected chi connectivity index (χ2v) is 4.53. The third kappa shape index (κ3) is 2.31. The van der Waals surface area contributed by atoms with E-state index < -0.39 is 0 Å². The Labute approximate surface area is 93.8 Å². The fraction of sp³-hybridized carbons (Fsp3) is 0.600. The van der Waals surface area contributed by atoms with Gasteiger partial charge in [-0.2, -0.15) is 0 Å². The zero-order valence-electron chi connectivity index (χ0n) is 8.69. The molecule has 0 saturated carbocycles. The summed E-state index contributed by atoms with van der Waals surface area (Å²) in [6.07, 6.45) is 5.34. The molecule has 1 saturated heterocycles. The molecule has 82 valence electrons. The first-order valence-corrected chi connectivity index (χ1v) is 5.52. The van der Waals surface area contributed by atoms with Crippen LogP contribution in [0.3, 0.4) is 0 Å². The van der Waals surface area contributed by atoms with Crippen LogP contribution in [0.25, 0.3) is 0 Å². The second kappa shape index (κ2) is 4.23. The number of hydrogen-bond acceptors (Lipinski definition) is 2. The van der Waals surface area contributed by atoms with Gasteiger partial charge >= 0.3 is 0 Å². The van der Waals surface area contributed by atoms with E-state index >= 15 is 0 Å². The quantitative estimate of drug-likeness (QED) is 0.678. The number of likely N-dealkylation sites (tertiary alicyclic amines) is 1. The third-order valence-electron chi connectivity index (χ3n) is 2.58. The highest BCUT2D eigenvalue weighted by Gasteiger charge is 2.24. The van der Waals surface area contributed by atoms with Crippen molar-refractivity contribution in [3.05, 3.63) is 18.2 Å². The third-order valence-corrected chi connectivity index (χ3v) is 2.93. The first-order valence-electron chi connectivity index (χ1n) is 5.08. The molecule has 0 aliphatic carbocycles. The van der Waals surface area contributed by atoms with Crippen molar-refractivity contribution in [2.45, 2.75) is 18.2 Å². The lowest BCUT2D eigenvalue weighted by Gasteiger charge is -2.29. The van der Waals surface area contributed by atoms with E-state index in [0.29, 0.717) is 12.2 Å². The van der Waals surface area contributed by atoms with Crippen LogP contribution in [0.4, 0.5) is 0 Å². The maximum absolute atomic E-state index is 12.0. The summed E-state index contributed by atoms with van der Waals surface area (Å²) in [5, 5.41) is 0.0893. The first-order chi connectivity index (χ1) is 7.16. The zero-order valence-corrected chi connectivity index (χ0v) is 9.44. The van der Waals surface area contributed by atoms with Crippen molar-refractivity contribution < 1.29 is 4.79 Å². The smallest absolute Gasteiger partial charge is 0.274 e. The second-order valence-electron chi connectivity index (χ2n) is 3.92. The molecular formula is C10H14ClN3O. The Morgan fingerprint density at radius 1 is 1.67 bits per heavy atom. The van der Waals surface area contributed by atoms with Crippen LogP contribution in [0.15, 0.2) is 12.5 Å². The number of aromatic nitrogens is 2. The summed E-state index contributed by atoms with van der Waals surface area (Å²) in [6, 6.07) is 0. The predicted molar refractivity (Wildman–Crippen MR) is 58.0 cm³/mol. The molecule has 1 aromatic rings. The van der Waals surface area contributed by atoms with Gasteiger partial charge in [0.25, 0.3) is 5.91 Å². The average molecular weight is 228 g/mol. The number of halogens is 1. The molecule has 1 aliphatic heterocycles. The van der Waals surface area contributed by atoms with E-state index in [1.54, 1.807) is 22.0 Å². The number of piperidine rings is 1.